The van der Waals surface area contributed by atoms with Crippen molar-refractivity contribution in [1.29, 1.82) is 5.26 Å². The summed E-state index contributed by atoms with van der Waals surface area (Å²) in [5, 5.41) is 9.16. The molecule has 1 amide bonds. The minimum absolute atomic E-state index is 0.232. The molecule has 27 heavy (non-hydrogen) atoms. The number of nitrogens with zero attached hydrogens (tertiary/aromatic N) is 4. The van der Waals surface area contributed by atoms with E-state index in [4.69, 9.17) is 15.7 Å². The number of hydrogen-bond acceptors (Lipinski definition) is 6. The first kappa shape index (κ1) is 17.3. The van der Waals surface area contributed by atoms with E-state index in [1.165, 1.54) is 11.1 Å². The number of nitrogens with two attached hydrogens (primary N) is 1. The standard InChI is InChI=1S/C20H21N5O2/c1-13-10-15(12-21)24-19(23-13)25-8-6-20(7-9-25)16-5-3-2-4-14(16)11-17(20)27-18(22)26/h2-5,10,17H,6-9,11H2,1H3,(H2,22,26)/t17-/m1/s1. The summed E-state index contributed by atoms with van der Waals surface area (Å²) in [6.07, 6.45) is 1.33. The highest BCUT2D eigenvalue weighted by Crippen LogP contribution is 2.48. The molecule has 7 nitrogen and oxygen atoms in total. The molecule has 7 heteroatoms. The number of carbonyl (C=O) groups is 1. The van der Waals surface area contributed by atoms with Gasteiger partial charge in [0.2, 0.25) is 5.95 Å². The zero-order valence-corrected chi connectivity index (χ0v) is 15.2. The molecule has 0 radical (unpaired) electrons. The molecule has 1 atom stereocenters. The summed E-state index contributed by atoms with van der Waals surface area (Å²) in [6.45, 7) is 3.31. The second-order valence-electron chi connectivity index (χ2n) is 7.24. The van der Waals surface area contributed by atoms with Crippen molar-refractivity contribution in [3.8, 4) is 6.07 Å². The zero-order valence-electron chi connectivity index (χ0n) is 15.2. The van der Waals surface area contributed by atoms with Crippen LogP contribution in [0.15, 0.2) is 30.3 Å². The Balaban J connectivity index is 1.62. The van der Waals surface area contributed by atoms with Gasteiger partial charge in [-0.2, -0.15) is 5.26 Å². The van der Waals surface area contributed by atoms with E-state index in [2.05, 4.69) is 33.1 Å². The Bertz CT molecular complexity index is 928. The van der Waals surface area contributed by atoms with Crippen LogP contribution < -0.4 is 10.6 Å². The van der Waals surface area contributed by atoms with Gasteiger partial charge in [-0.15, -0.1) is 0 Å². The van der Waals surface area contributed by atoms with Crippen LogP contribution in [0.25, 0.3) is 0 Å². The van der Waals surface area contributed by atoms with Crippen molar-refractivity contribution in [2.75, 3.05) is 18.0 Å². The molecule has 2 N–H and O–H groups in total. The van der Waals surface area contributed by atoms with Gasteiger partial charge in [0, 0.05) is 30.6 Å². The van der Waals surface area contributed by atoms with Crippen LogP contribution in [0, 0.1) is 18.3 Å². The fourth-order valence-corrected chi connectivity index (χ4v) is 4.50. The van der Waals surface area contributed by atoms with E-state index in [9.17, 15) is 4.79 Å². The minimum Gasteiger partial charge on any atom is -0.445 e. The number of nitriles is 1. The summed E-state index contributed by atoms with van der Waals surface area (Å²) in [4.78, 5) is 22.4. The van der Waals surface area contributed by atoms with Gasteiger partial charge in [-0.1, -0.05) is 24.3 Å². The first-order chi connectivity index (χ1) is 13.0. The molecule has 1 fully saturated rings. The van der Waals surface area contributed by atoms with Gasteiger partial charge in [0.15, 0.2) is 0 Å². The third-order valence-electron chi connectivity index (χ3n) is 5.73. The molecule has 4 rings (SSSR count). The molecule has 1 aliphatic carbocycles. The van der Waals surface area contributed by atoms with Crippen molar-refractivity contribution in [2.24, 2.45) is 5.73 Å². The number of amides is 1. The van der Waals surface area contributed by atoms with Crippen LogP contribution in [0.1, 0.15) is 35.4 Å². The molecular weight excluding hydrogens is 342 g/mol. The van der Waals surface area contributed by atoms with E-state index in [1.807, 2.05) is 19.1 Å². The number of rotatable bonds is 2. The average molecular weight is 363 g/mol. The van der Waals surface area contributed by atoms with Crippen LogP contribution in [-0.4, -0.2) is 35.3 Å². The van der Waals surface area contributed by atoms with Gasteiger partial charge < -0.3 is 15.4 Å². The summed E-state index contributed by atoms with van der Waals surface area (Å²) >= 11 is 0. The summed E-state index contributed by atoms with van der Waals surface area (Å²) in [6, 6.07) is 12.0. The van der Waals surface area contributed by atoms with Gasteiger partial charge >= 0.3 is 6.09 Å². The molecule has 0 unspecified atom stereocenters. The van der Waals surface area contributed by atoms with E-state index in [0.29, 0.717) is 18.1 Å². The lowest BCUT2D eigenvalue weighted by Crippen LogP contribution is -2.49. The van der Waals surface area contributed by atoms with Crippen molar-refractivity contribution < 1.29 is 9.53 Å². The molecule has 2 aliphatic rings. The monoisotopic (exact) mass is 363 g/mol. The van der Waals surface area contributed by atoms with Crippen LogP contribution in [0.4, 0.5) is 10.7 Å². The quantitative estimate of drug-likeness (QED) is 0.877. The first-order valence-corrected chi connectivity index (χ1v) is 9.07. The fourth-order valence-electron chi connectivity index (χ4n) is 4.50. The smallest absolute Gasteiger partial charge is 0.404 e. The van der Waals surface area contributed by atoms with E-state index in [1.54, 1.807) is 6.07 Å². The average Bonchev–Trinajstić information content (AvgIpc) is 2.94. The number of aryl methyl sites for hydroxylation is 1. The predicted molar refractivity (Wildman–Crippen MR) is 99.2 cm³/mol. The first-order valence-electron chi connectivity index (χ1n) is 9.07. The van der Waals surface area contributed by atoms with Gasteiger partial charge in [-0.3, -0.25) is 0 Å². The Labute approximate surface area is 157 Å². The van der Waals surface area contributed by atoms with Crippen molar-refractivity contribution in [2.45, 2.75) is 37.7 Å². The Kier molecular flexibility index (Phi) is 4.19. The highest BCUT2D eigenvalue weighted by molar-refractivity contribution is 5.65. The molecule has 138 valence electrons. The van der Waals surface area contributed by atoms with Crippen molar-refractivity contribution in [1.82, 2.24) is 9.97 Å². The van der Waals surface area contributed by atoms with Crippen molar-refractivity contribution in [3.63, 3.8) is 0 Å². The van der Waals surface area contributed by atoms with Crippen LogP contribution in [0.2, 0.25) is 0 Å². The van der Waals surface area contributed by atoms with E-state index < -0.39 is 6.09 Å². The lowest BCUT2D eigenvalue weighted by atomic mass is 9.72. The topological polar surface area (TPSA) is 105 Å². The third-order valence-corrected chi connectivity index (χ3v) is 5.73. The second kappa shape index (κ2) is 6.54. The van der Waals surface area contributed by atoms with Crippen molar-refractivity contribution >= 4 is 12.0 Å². The van der Waals surface area contributed by atoms with E-state index in [0.717, 1.165) is 31.6 Å². The normalized spacial score (nSPS) is 20.1. The summed E-state index contributed by atoms with van der Waals surface area (Å²) in [5.74, 6) is 0.583. The molecule has 0 saturated carbocycles. The number of primary amides is 1. The van der Waals surface area contributed by atoms with Crippen LogP contribution >= 0.6 is 0 Å². The molecule has 0 bridgehead atoms. The fraction of sp³-hybridized carbons (Fsp3) is 0.400. The lowest BCUT2D eigenvalue weighted by molar-refractivity contribution is 0.0493. The van der Waals surface area contributed by atoms with Crippen molar-refractivity contribution in [3.05, 3.63) is 52.8 Å². The SMILES string of the molecule is Cc1cc(C#N)nc(N2CCC3(CC2)c2ccccc2C[C@H]3OC(N)=O)n1. The number of aromatic nitrogens is 2. The van der Waals surface area contributed by atoms with E-state index in [-0.39, 0.29) is 11.5 Å². The molecular formula is C20H21N5O2. The van der Waals surface area contributed by atoms with E-state index >= 15 is 0 Å². The third kappa shape index (κ3) is 2.97. The Morgan fingerprint density at radius 2 is 2.07 bits per heavy atom. The van der Waals surface area contributed by atoms with Crippen LogP contribution in [0.3, 0.4) is 0 Å². The molecule has 2 heterocycles. The highest BCUT2D eigenvalue weighted by Gasteiger charge is 2.50. The molecule has 1 aromatic carbocycles. The number of fused-ring (bicyclic) bond motifs is 2. The zero-order chi connectivity index (χ0) is 19.0. The predicted octanol–water partition coefficient (Wildman–Crippen LogP) is 2.21. The number of ether oxygens (including phenoxy) is 1. The summed E-state index contributed by atoms with van der Waals surface area (Å²) in [5.41, 5.74) is 8.73. The number of benzene rings is 1. The largest absolute Gasteiger partial charge is 0.445 e. The van der Waals surface area contributed by atoms with Gasteiger partial charge in [-0.25, -0.2) is 14.8 Å². The number of carbonyl (C=O) groups excluding carboxylic acids is 1. The Morgan fingerprint density at radius 3 is 2.78 bits per heavy atom. The molecule has 1 aromatic heterocycles. The van der Waals surface area contributed by atoms with Gasteiger partial charge in [-0.05, 0) is 37.0 Å². The maximum Gasteiger partial charge on any atom is 0.404 e. The van der Waals surface area contributed by atoms with Crippen LogP contribution in [-0.2, 0) is 16.6 Å². The maximum atomic E-state index is 11.5. The minimum atomic E-state index is -0.727. The highest BCUT2D eigenvalue weighted by atomic mass is 16.6. The second-order valence-corrected chi connectivity index (χ2v) is 7.24. The molecule has 2 aromatic rings. The maximum absolute atomic E-state index is 11.5. The summed E-state index contributed by atoms with van der Waals surface area (Å²) in [7, 11) is 0. The summed E-state index contributed by atoms with van der Waals surface area (Å²) < 4.78 is 5.53. The lowest BCUT2D eigenvalue weighted by Gasteiger charge is -2.43. The van der Waals surface area contributed by atoms with Crippen LogP contribution in [0.5, 0.6) is 0 Å². The number of piperidine rings is 1. The molecule has 1 saturated heterocycles. The molecule has 1 spiro atoms. The Hall–Kier alpha value is -3.14. The van der Waals surface area contributed by atoms with Gasteiger partial charge in [0.05, 0.1) is 0 Å². The number of hydrogen-bond donors (Lipinski definition) is 1. The number of anilines is 1. The molecule has 1 aliphatic heterocycles. The van der Waals surface area contributed by atoms with Gasteiger partial charge in [0.1, 0.15) is 17.9 Å². The Morgan fingerprint density at radius 1 is 1.33 bits per heavy atom. The van der Waals surface area contributed by atoms with Gasteiger partial charge in [0.25, 0.3) is 0 Å².